The number of hydrogen-bond donors (Lipinski definition) is 2. The molecule has 0 saturated heterocycles. The molecule has 0 unspecified atom stereocenters. The van der Waals surface area contributed by atoms with Gasteiger partial charge in [0.15, 0.2) is 0 Å². The molecule has 0 aromatic rings. The molecule has 112 valence electrons. The van der Waals surface area contributed by atoms with E-state index in [4.69, 9.17) is 9.11 Å². The van der Waals surface area contributed by atoms with Crippen molar-refractivity contribution >= 4 is 73.3 Å². The molecule has 0 heterocycles. The van der Waals surface area contributed by atoms with Crippen LogP contribution in [0.2, 0.25) is 0 Å². The molecule has 0 aromatic carbocycles. The molecule has 0 saturated carbocycles. The van der Waals surface area contributed by atoms with Gasteiger partial charge in [-0.15, -0.1) is 0 Å². The summed E-state index contributed by atoms with van der Waals surface area (Å²) in [5.41, 5.74) is 0. The fourth-order valence-electron chi connectivity index (χ4n) is 1.01. The molecule has 11 heteroatoms. The number of rotatable bonds is 11. The van der Waals surface area contributed by atoms with E-state index in [9.17, 15) is 16.8 Å². The van der Waals surface area contributed by atoms with Gasteiger partial charge in [0.05, 0.1) is 11.5 Å². The third kappa shape index (κ3) is 22.0. The van der Waals surface area contributed by atoms with E-state index < -0.39 is 20.2 Å². The van der Waals surface area contributed by atoms with E-state index in [0.717, 1.165) is 11.5 Å². The van der Waals surface area contributed by atoms with Crippen LogP contribution in [0.4, 0.5) is 0 Å². The van der Waals surface area contributed by atoms with Crippen molar-refractivity contribution in [3.63, 3.8) is 0 Å². The molecule has 0 atom stereocenters. The van der Waals surface area contributed by atoms with E-state index in [0.29, 0.717) is 24.3 Å². The first kappa shape index (κ1) is 22.8. The summed E-state index contributed by atoms with van der Waals surface area (Å²) in [6, 6.07) is 0. The average molecular weight is 362 g/mol. The van der Waals surface area contributed by atoms with Crippen molar-refractivity contribution in [2.24, 2.45) is 0 Å². The van der Waals surface area contributed by atoms with Crippen molar-refractivity contribution in [3.8, 4) is 0 Å². The molecule has 0 radical (unpaired) electrons. The molecule has 0 aliphatic heterocycles. The van der Waals surface area contributed by atoms with E-state index in [1.54, 1.807) is 23.5 Å². The predicted octanol–water partition coefficient (Wildman–Crippen LogP) is 0.360. The van der Waals surface area contributed by atoms with Crippen molar-refractivity contribution in [1.29, 1.82) is 0 Å². The molecular weight excluding hydrogens is 343 g/mol. The first-order valence-corrected chi connectivity index (χ1v) is 10.8. The Balaban J connectivity index is 0. The van der Waals surface area contributed by atoms with Gasteiger partial charge in [0.2, 0.25) is 0 Å². The van der Waals surface area contributed by atoms with Crippen LogP contribution in [0.15, 0.2) is 0 Å². The predicted molar refractivity (Wildman–Crippen MR) is 83.9 cm³/mol. The summed E-state index contributed by atoms with van der Waals surface area (Å²) in [6.45, 7) is 0. The number of hydrogen-bond acceptors (Lipinski definition) is 6. The van der Waals surface area contributed by atoms with Gasteiger partial charge in [-0.1, -0.05) is 0 Å². The molecule has 19 heavy (non-hydrogen) atoms. The zero-order valence-corrected chi connectivity index (χ0v) is 13.1. The Hall–Kier alpha value is 1.52. The van der Waals surface area contributed by atoms with Crippen LogP contribution in [-0.4, -0.2) is 90.0 Å². The van der Waals surface area contributed by atoms with Crippen molar-refractivity contribution in [2.75, 3.05) is 34.5 Å². The van der Waals surface area contributed by atoms with Crippen LogP contribution in [0.5, 0.6) is 0 Å². The van der Waals surface area contributed by atoms with Gasteiger partial charge in [-0.05, 0) is 24.3 Å². The second-order valence-corrected chi connectivity index (χ2v) is 9.10. The second kappa shape index (κ2) is 12.1. The summed E-state index contributed by atoms with van der Waals surface area (Å²) >= 11 is 3.19. The quantitative estimate of drug-likeness (QED) is 0.308. The van der Waals surface area contributed by atoms with Crippen LogP contribution in [0.1, 0.15) is 12.8 Å². The van der Waals surface area contributed by atoms with Crippen LogP contribution in [-0.2, 0) is 20.2 Å². The normalized spacial score (nSPS) is 12.1. The first-order valence-electron chi connectivity index (χ1n) is 5.26. The summed E-state index contributed by atoms with van der Waals surface area (Å²) in [5, 5.41) is 0. The Labute approximate surface area is 145 Å². The van der Waals surface area contributed by atoms with Gasteiger partial charge in [-0.2, -0.15) is 40.4 Å². The zero-order valence-electron chi connectivity index (χ0n) is 9.82. The van der Waals surface area contributed by atoms with E-state index in [1.807, 2.05) is 0 Å². The van der Waals surface area contributed by atoms with Crippen LogP contribution < -0.4 is 0 Å². The van der Waals surface area contributed by atoms with Crippen molar-refractivity contribution in [2.45, 2.75) is 12.8 Å². The Kier molecular flexibility index (Phi) is 14.5. The second-order valence-electron chi connectivity index (χ2n) is 3.50. The Morgan fingerprint density at radius 3 is 1.26 bits per heavy atom. The molecule has 0 spiro atoms. The standard InChI is InChI=1S/C8H18O6S4.Na.H/c9-17(10,11)7-1-3-15-5-6-16-4-2-8-18(12,13)14;;/h1-8H2,(H,9,10,11)(H,12,13,14);;. The van der Waals surface area contributed by atoms with Gasteiger partial charge in [0.1, 0.15) is 0 Å². The molecule has 0 aliphatic carbocycles. The summed E-state index contributed by atoms with van der Waals surface area (Å²) in [5.74, 6) is 2.63. The minimum absolute atomic E-state index is 0. The van der Waals surface area contributed by atoms with Gasteiger partial charge < -0.3 is 0 Å². The molecule has 6 nitrogen and oxygen atoms in total. The summed E-state index contributed by atoms with van der Waals surface area (Å²) in [4.78, 5) is 0. The van der Waals surface area contributed by atoms with E-state index >= 15 is 0 Å². The van der Waals surface area contributed by atoms with Crippen LogP contribution in [0.25, 0.3) is 0 Å². The van der Waals surface area contributed by atoms with E-state index in [1.165, 1.54) is 0 Å². The van der Waals surface area contributed by atoms with Gasteiger partial charge >= 0.3 is 29.6 Å². The topological polar surface area (TPSA) is 109 Å². The van der Waals surface area contributed by atoms with Gasteiger partial charge in [0.25, 0.3) is 20.2 Å². The van der Waals surface area contributed by atoms with E-state index in [2.05, 4.69) is 0 Å². The Morgan fingerprint density at radius 2 is 1.00 bits per heavy atom. The first-order chi connectivity index (χ1) is 8.21. The zero-order chi connectivity index (χ0) is 14.1. The van der Waals surface area contributed by atoms with Crippen molar-refractivity contribution in [1.82, 2.24) is 0 Å². The third-order valence-electron chi connectivity index (χ3n) is 1.75. The van der Waals surface area contributed by atoms with E-state index in [-0.39, 0.29) is 41.1 Å². The maximum atomic E-state index is 10.4. The Morgan fingerprint density at radius 1 is 0.684 bits per heavy atom. The molecule has 0 fully saturated rings. The molecule has 0 aliphatic rings. The molecule has 0 aromatic heterocycles. The molecule has 0 bridgehead atoms. The summed E-state index contributed by atoms with van der Waals surface area (Å²) < 4.78 is 58.5. The SMILES string of the molecule is O=S(=O)(O)CCCSCCSCCCS(=O)(=O)O.[NaH]. The van der Waals surface area contributed by atoms with Crippen LogP contribution >= 0.6 is 23.5 Å². The number of thioether (sulfide) groups is 2. The van der Waals surface area contributed by atoms with Gasteiger partial charge in [-0.25, -0.2) is 0 Å². The summed E-state index contributed by atoms with van der Waals surface area (Å²) in [6.07, 6.45) is 0.855. The fourth-order valence-corrected chi connectivity index (χ4v) is 4.44. The molecule has 0 rings (SSSR count). The minimum atomic E-state index is -3.84. The van der Waals surface area contributed by atoms with Crippen LogP contribution in [0.3, 0.4) is 0 Å². The van der Waals surface area contributed by atoms with Crippen LogP contribution in [0, 0.1) is 0 Å². The molecule has 2 N–H and O–H groups in total. The molecule has 0 amide bonds. The van der Waals surface area contributed by atoms with Crippen molar-refractivity contribution in [3.05, 3.63) is 0 Å². The molecular formula is C8H19NaO6S4. The monoisotopic (exact) mass is 362 g/mol. The average Bonchev–Trinajstić information content (AvgIpc) is 2.17. The Bertz CT molecular complexity index is 367. The fraction of sp³-hybridized carbons (Fsp3) is 1.00. The third-order valence-corrected chi connectivity index (χ3v) is 5.76. The van der Waals surface area contributed by atoms with Gasteiger partial charge in [0, 0.05) is 11.5 Å². The maximum absolute atomic E-state index is 10.4. The summed E-state index contributed by atoms with van der Waals surface area (Å²) in [7, 11) is -7.68. The van der Waals surface area contributed by atoms with Gasteiger partial charge in [-0.3, -0.25) is 9.11 Å². The van der Waals surface area contributed by atoms with Crippen molar-refractivity contribution < 1.29 is 25.9 Å².